The second-order valence-electron chi connectivity index (χ2n) is 7.82. The Morgan fingerprint density at radius 1 is 1.23 bits per heavy atom. The molecule has 0 aliphatic carbocycles. The van der Waals surface area contributed by atoms with Crippen LogP contribution in [0.15, 0.2) is 0 Å². The van der Waals surface area contributed by atoms with Crippen molar-refractivity contribution in [3.8, 4) is 0 Å². The van der Waals surface area contributed by atoms with E-state index in [1.54, 1.807) is 4.90 Å². The molecule has 0 N–H and O–H groups in total. The van der Waals surface area contributed by atoms with Crippen molar-refractivity contribution < 1.29 is 23.7 Å². The Morgan fingerprint density at radius 3 is 2.45 bits per heavy atom. The highest BCUT2D eigenvalue weighted by Crippen LogP contribution is 2.39. The van der Waals surface area contributed by atoms with Crippen LogP contribution < -0.4 is 0 Å². The summed E-state index contributed by atoms with van der Waals surface area (Å²) in [6.45, 7) is 10.9. The Labute approximate surface area is 132 Å². The summed E-state index contributed by atoms with van der Waals surface area (Å²) < 4.78 is 23.1. The average Bonchev–Trinajstić information content (AvgIpc) is 2.98. The van der Waals surface area contributed by atoms with Crippen molar-refractivity contribution in [3.63, 3.8) is 0 Å². The number of ether oxygens (including phenoxy) is 4. The van der Waals surface area contributed by atoms with E-state index in [2.05, 4.69) is 0 Å². The molecule has 3 rings (SSSR count). The van der Waals surface area contributed by atoms with Gasteiger partial charge in [0.25, 0.3) is 0 Å². The second kappa shape index (κ2) is 5.35. The molecule has 6 heteroatoms. The molecule has 6 nitrogen and oxygen atoms in total. The van der Waals surface area contributed by atoms with Crippen LogP contribution in [0.4, 0.5) is 4.79 Å². The van der Waals surface area contributed by atoms with E-state index in [1.165, 1.54) is 0 Å². The lowest BCUT2D eigenvalue weighted by atomic mass is 10.0. The predicted molar refractivity (Wildman–Crippen MR) is 79.5 cm³/mol. The number of epoxide rings is 1. The van der Waals surface area contributed by atoms with Crippen LogP contribution in [0.25, 0.3) is 0 Å². The molecule has 0 bridgehead atoms. The molecule has 3 saturated heterocycles. The van der Waals surface area contributed by atoms with Crippen molar-refractivity contribution in [2.24, 2.45) is 0 Å². The predicted octanol–water partition coefficient (Wildman–Crippen LogP) is 2.30. The summed E-state index contributed by atoms with van der Waals surface area (Å²) in [5.41, 5.74) is -0.491. The summed E-state index contributed by atoms with van der Waals surface area (Å²) in [4.78, 5) is 14.3. The first-order valence-electron chi connectivity index (χ1n) is 8.13. The van der Waals surface area contributed by atoms with Crippen molar-refractivity contribution in [1.82, 2.24) is 4.90 Å². The number of hydrogen-bond donors (Lipinski definition) is 0. The van der Waals surface area contributed by atoms with E-state index in [9.17, 15) is 4.79 Å². The summed E-state index contributed by atoms with van der Waals surface area (Å²) in [7, 11) is 0. The number of rotatable bonds is 2. The van der Waals surface area contributed by atoms with E-state index >= 15 is 0 Å². The third-order valence-corrected chi connectivity index (χ3v) is 4.20. The number of amides is 1. The monoisotopic (exact) mass is 313 g/mol. The van der Waals surface area contributed by atoms with Gasteiger partial charge in [-0.25, -0.2) is 4.79 Å². The minimum absolute atomic E-state index is 0.00850. The van der Waals surface area contributed by atoms with Crippen molar-refractivity contribution >= 4 is 6.09 Å². The van der Waals surface area contributed by atoms with Gasteiger partial charge in [-0.05, 0) is 47.5 Å². The van der Waals surface area contributed by atoms with Crippen LogP contribution in [-0.4, -0.2) is 59.9 Å². The first-order chi connectivity index (χ1) is 10.2. The molecule has 3 aliphatic heterocycles. The standard InChI is InChI=1S/C16H27NO5/c1-15(2,3)22-14(18)17-8-6-7-10(17)12-13(11-9-19-11)21-16(4,5)20-12/h10-13H,6-9H2,1-5H3/t10-,11-,12-,13+/m0/s1. The Bertz CT molecular complexity index is 440. The molecular formula is C16H27NO5. The van der Waals surface area contributed by atoms with Gasteiger partial charge in [0, 0.05) is 6.54 Å². The smallest absolute Gasteiger partial charge is 0.410 e. The highest BCUT2D eigenvalue weighted by molar-refractivity contribution is 5.69. The lowest BCUT2D eigenvalue weighted by Crippen LogP contribution is -2.49. The Morgan fingerprint density at radius 2 is 1.86 bits per heavy atom. The maximum atomic E-state index is 12.5. The highest BCUT2D eigenvalue weighted by atomic mass is 16.8. The van der Waals surface area contributed by atoms with Gasteiger partial charge in [-0.3, -0.25) is 0 Å². The number of carbonyl (C=O) groups excluding carboxylic acids is 1. The summed E-state index contributed by atoms with van der Waals surface area (Å²) in [6, 6.07) is -0.00850. The van der Waals surface area contributed by atoms with Gasteiger partial charge in [0.2, 0.25) is 0 Å². The topological polar surface area (TPSA) is 60.5 Å². The molecular weight excluding hydrogens is 286 g/mol. The number of hydrogen-bond acceptors (Lipinski definition) is 5. The Hall–Kier alpha value is -0.850. The molecule has 0 unspecified atom stereocenters. The van der Waals surface area contributed by atoms with Crippen LogP contribution in [0.3, 0.4) is 0 Å². The van der Waals surface area contributed by atoms with E-state index in [0.29, 0.717) is 13.2 Å². The molecule has 4 atom stereocenters. The molecule has 22 heavy (non-hydrogen) atoms. The molecule has 0 aromatic heterocycles. The van der Waals surface area contributed by atoms with Crippen LogP contribution in [0.5, 0.6) is 0 Å². The molecule has 3 aliphatic rings. The molecule has 0 saturated carbocycles. The molecule has 1 amide bonds. The summed E-state index contributed by atoms with van der Waals surface area (Å²) in [5.74, 6) is -0.635. The number of carbonyl (C=O) groups is 1. The molecule has 0 spiro atoms. The van der Waals surface area contributed by atoms with Crippen LogP contribution in [-0.2, 0) is 18.9 Å². The molecule has 3 heterocycles. The van der Waals surface area contributed by atoms with Crippen molar-refractivity contribution in [3.05, 3.63) is 0 Å². The summed E-state index contributed by atoms with van der Waals surface area (Å²) in [6.07, 6.45) is 1.43. The Kier molecular flexibility index (Phi) is 3.90. The molecule has 0 aromatic carbocycles. The lowest BCUT2D eigenvalue weighted by molar-refractivity contribution is -0.151. The van der Waals surface area contributed by atoms with Crippen molar-refractivity contribution in [2.45, 2.75) is 83.2 Å². The van der Waals surface area contributed by atoms with Gasteiger partial charge in [-0.1, -0.05) is 0 Å². The number of likely N-dealkylation sites (tertiary alicyclic amines) is 1. The summed E-state index contributed by atoms with van der Waals surface area (Å²) in [5, 5.41) is 0. The van der Waals surface area contributed by atoms with E-state index < -0.39 is 11.4 Å². The fourth-order valence-corrected chi connectivity index (χ4v) is 3.33. The van der Waals surface area contributed by atoms with Gasteiger partial charge in [0.15, 0.2) is 5.79 Å². The van der Waals surface area contributed by atoms with E-state index in [0.717, 1.165) is 12.8 Å². The largest absolute Gasteiger partial charge is 0.444 e. The second-order valence-corrected chi connectivity index (χ2v) is 7.82. The van der Waals surface area contributed by atoms with Crippen molar-refractivity contribution in [2.75, 3.05) is 13.2 Å². The van der Waals surface area contributed by atoms with Crippen LogP contribution >= 0.6 is 0 Å². The fourth-order valence-electron chi connectivity index (χ4n) is 3.33. The Balaban J connectivity index is 1.73. The van der Waals surface area contributed by atoms with Crippen LogP contribution in [0, 0.1) is 0 Å². The first-order valence-corrected chi connectivity index (χ1v) is 8.13. The van der Waals surface area contributed by atoms with E-state index in [-0.39, 0.29) is 30.4 Å². The van der Waals surface area contributed by atoms with Gasteiger partial charge >= 0.3 is 6.09 Å². The summed E-state index contributed by atoms with van der Waals surface area (Å²) >= 11 is 0. The van der Waals surface area contributed by atoms with Gasteiger partial charge in [0.05, 0.1) is 12.6 Å². The normalized spacial score (nSPS) is 37.4. The first kappa shape index (κ1) is 16.0. The maximum absolute atomic E-state index is 12.5. The highest BCUT2D eigenvalue weighted by Gasteiger charge is 2.54. The van der Waals surface area contributed by atoms with Gasteiger partial charge in [-0.2, -0.15) is 0 Å². The minimum atomic E-state index is -0.635. The number of nitrogens with zero attached hydrogens (tertiary/aromatic N) is 1. The van der Waals surface area contributed by atoms with Crippen molar-refractivity contribution in [1.29, 1.82) is 0 Å². The van der Waals surface area contributed by atoms with E-state index in [1.807, 2.05) is 34.6 Å². The van der Waals surface area contributed by atoms with Gasteiger partial charge in [-0.15, -0.1) is 0 Å². The fraction of sp³-hybridized carbons (Fsp3) is 0.938. The zero-order valence-electron chi connectivity index (χ0n) is 14.1. The molecule has 126 valence electrons. The van der Waals surface area contributed by atoms with Crippen LogP contribution in [0.1, 0.15) is 47.5 Å². The minimum Gasteiger partial charge on any atom is -0.444 e. The molecule has 0 radical (unpaired) electrons. The zero-order valence-corrected chi connectivity index (χ0v) is 14.1. The maximum Gasteiger partial charge on any atom is 0.410 e. The molecule has 3 fully saturated rings. The van der Waals surface area contributed by atoms with E-state index in [4.69, 9.17) is 18.9 Å². The average molecular weight is 313 g/mol. The third-order valence-electron chi connectivity index (χ3n) is 4.20. The lowest BCUT2D eigenvalue weighted by Gasteiger charge is -2.32. The SMILES string of the molecule is CC(C)(C)OC(=O)N1CCC[C@H]1[C@@H]1OC(C)(C)O[C@@H]1[C@@H]1CO1. The van der Waals surface area contributed by atoms with Gasteiger partial charge in [0.1, 0.15) is 23.9 Å². The quantitative estimate of drug-likeness (QED) is 0.732. The third kappa shape index (κ3) is 3.39. The molecule has 0 aromatic rings. The van der Waals surface area contributed by atoms with Crippen LogP contribution in [0.2, 0.25) is 0 Å². The van der Waals surface area contributed by atoms with Gasteiger partial charge < -0.3 is 23.8 Å². The zero-order chi connectivity index (χ0) is 16.1.